The Balaban J connectivity index is -0.0000000267. The molecule has 0 rings (SSSR count). The molecule has 2 N–H and O–H groups in total. The molecule has 0 bridgehead atoms. The maximum absolute atomic E-state index is 8.66. The Bertz CT molecular complexity index is 132. The molecule has 0 atom stereocenters. The molecule has 0 heterocycles. The second kappa shape index (κ2) is 13.1. The minimum atomic E-state index is -5.14. The van der Waals surface area contributed by atoms with Crippen molar-refractivity contribution in [1.29, 1.82) is 0 Å². The van der Waals surface area contributed by atoms with Crippen molar-refractivity contribution in [3.8, 4) is 0 Å². The first kappa shape index (κ1) is 29.7. The minimum Gasteiger partial charge on any atom is -0.790 e. The summed E-state index contributed by atoms with van der Waals surface area (Å²) < 4.78 is 17.3. The Morgan fingerprint density at radius 1 is 0.769 bits per heavy atom. The van der Waals surface area contributed by atoms with E-state index in [-0.39, 0.29) is 82.2 Å². The Morgan fingerprint density at radius 3 is 0.769 bits per heavy atom. The van der Waals surface area contributed by atoms with Crippen LogP contribution in [0.3, 0.4) is 0 Å². The van der Waals surface area contributed by atoms with Gasteiger partial charge < -0.3 is 38.5 Å². The molecule has 64 valence electrons. The molecule has 13 heavy (non-hydrogen) atoms. The third-order valence-corrected chi connectivity index (χ3v) is 0. The van der Waals surface area contributed by atoms with Crippen molar-refractivity contribution >= 4 is 38.7 Å². The summed E-state index contributed by atoms with van der Waals surface area (Å²) in [5.74, 6) is 0. The van der Waals surface area contributed by atoms with Crippen molar-refractivity contribution in [3.63, 3.8) is 0 Å². The summed E-state index contributed by atoms with van der Waals surface area (Å²) in [6.07, 6.45) is 0. The molecule has 0 radical (unpaired) electrons. The van der Waals surface area contributed by atoms with Crippen LogP contribution in [0.15, 0.2) is 0 Å². The molecule has 0 aliphatic heterocycles. The molecule has 0 aromatic heterocycles. The van der Waals surface area contributed by atoms with Crippen LogP contribution in [-0.4, -0.2) is 32.8 Å². The van der Waals surface area contributed by atoms with Gasteiger partial charge in [-0.15, -0.1) is 0 Å². The van der Waals surface area contributed by atoms with Crippen LogP contribution >= 0.6 is 15.6 Å². The number of hydrogen-bond donors (Lipinski definition) is 2. The van der Waals surface area contributed by atoms with E-state index in [0.717, 1.165) is 0 Å². The van der Waals surface area contributed by atoms with Crippen molar-refractivity contribution < 1.29 is 97.6 Å². The monoisotopic (exact) mass is 262 g/mol. The van der Waals surface area contributed by atoms with Gasteiger partial charge in [0.2, 0.25) is 0 Å². The average molecular weight is 262 g/mol. The summed E-state index contributed by atoms with van der Waals surface area (Å²) in [6, 6.07) is 0. The molecular formula is H2MgNa2O8P2. The predicted molar refractivity (Wildman–Crippen MR) is 25.4 cm³/mol. The third-order valence-electron chi connectivity index (χ3n) is 0. The average Bonchev–Trinajstić information content (AvgIpc) is 1.12. The molecule has 0 saturated carbocycles. The summed E-state index contributed by atoms with van der Waals surface area (Å²) in [5, 5.41) is 0. The molecule has 0 amide bonds. The zero-order valence-corrected chi connectivity index (χ0v) is 14.1. The summed E-state index contributed by atoms with van der Waals surface area (Å²) in [4.78, 5) is 48.6. The Labute approximate surface area is 134 Å². The Hall–Kier alpha value is 2.99. The van der Waals surface area contributed by atoms with E-state index in [1.807, 2.05) is 0 Å². The van der Waals surface area contributed by atoms with E-state index >= 15 is 0 Å². The minimum absolute atomic E-state index is 0. The Morgan fingerprint density at radius 2 is 0.769 bits per heavy atom. The SMILES string of the molecule is O=P([O-])([O-])O.O=P([O-])([O-])O.[Mg+2].[Na+].[Na+]. The van der Waals surface area contributed by atoms with Gasteiger partial charge in [-0.25, -0.2) is 0 Å². The third kappa shape index (κ3) is 283. The second-order valence-corrected chi connectivity index (χ2v) is 2.81. The standard InChI is InChI=1S/Mg.2Na.2H3O4P/c;;;2*1-5(2,3)4/h;;;2*(H3,1,2,3,4)/q+2;2*+1;;/p-4. The first-order valence-corrected chi connectivity index (χ1v) is 4.49. The van der Waals surface area contributed by atoms with Gasteiger partial charge in [0, 0.05) is 0 Å². The molecule has 0 aromatic rings. The van der Waals surface area contributed by atoms with Crippen molar-refractivity contribution in [3.05, 3.63) is 0 Å². The second-order valence-electron chi connectivity index (χ2n) is 0.937. The Kier molecular flexibility index (Phi) is 29.9. The van der Waals surface area contributed by atoms with Gasteiger partial charge >= 0.3 is 82.2 Å². The normalized spacial score (nSPS) is 9.08. The van der Waals surface area contributed by atoms with Gasteiger partial charge in [-0.1, -0.05) is 0 Å². The fourth-order valence-electron chi connectivity index (χ4n) is 0. The molecule has 0 fully saturated rings. The summed E-state index contributed by atoms with van der Waals surface area (Å²) in [6.45, 7) is 0. The zero-order chi connectivity index (χ0) is 9.00. The van der Waals surface area contributed by atoms with Crippen LogP contribution in [-0.2, 0) is 9.13 Å². The van der Waals surface area contributed by atoms with Crippen LogP contribution in [0.1, 0.15) is 0 Å². The largest absolute Gasteiger partial charge is 2.00 e. The van der Waals surface area contributed by atoms with Crippen LogP contribution < -0.4 is 78.7 Å². The molecular weight excluding hydrogens is 260 g/mol. The van der Waals surface area contributed by atoms with E-state index in [2.05, 4.69) is 0 Å². The van der Waals surface area contributed by atoms with Crippen LogP contribution in [0.4, 0.5) is 0 Å². The van der Waals surface area contributed by atoms with Crippen LogP contribution in [0.2, 0.25) is 0 Å². The maximum atomic E-state index is 8.66. The van der Waals surface area contributed by atoms with Crippen molar-refractivity contribution in [2.24, 2.45) is 0 Å². The van der Waals surface area contributed by atoms with E-state index in [0.29, 0.717) is 0 Å². The van der Waals surface area contributed by atoms with E-state index in [1.54, 1.807) is 0 Å². The van der Waals surface area contributed by atoms with Gasteiger partial charge in [-0.05, 0) is 0 Å². The summed E-state index contributed by atoms with van der Waals surface area (Å²) in [7, 11) is -10.3. The van der Waals surface area contributed by atoms with Crippen molar-refractivity contribution in [2.45, 2.75) is 0 Å². The molecule has 8 nitrogen and oxygen atoms in total. The van der Waals surface area contributed by atoms with Crippen LogP contribution in [0, 0.1) is 0 Å². The van der Waals surface area contributed by atoms with Gasteiger partial charge in [-0.2, -0.15) is 0 Å². The van der Waals surface area contributed by atoms with Gasteiger partial charge in [-0.3, -0.25) is 0 Å². The number of rotatable bonds is 0. The van der Waals surface area contributed by atoms with E-state index in [4.69, 9.17) is 38.5 Å². The molecule has 0 aliphatic carbocycles. The fourth-order valence-corrected chi connectivity index (χ4v) is 0. The maximum Gasteiger partial charge on any atom is 2.00 e. The summed E-state index contributed by atoms with van der Waals surface area (Å²) >= 11 is 0. The van der Waals surface area contributed by atoms with Gasteiger partial charge in [0.15, 0.2) is 0 Å². The van der Waals surface area contributed by atoms with Gasteiger partial charge in [0.1, 0.15) is 0 Å². The fraction of sp³-hybridized carbons (Fsp3) is 0. The molecule has 0 saturated heterocycles. The van der Waals surface area contributed by atoms with Gasteiger partial charge in [0.05, 0.1) is 15.6 Å². The van der Waals surface area contributed by atoms with E-state index < -0.39 is 15.6 Å². The smallest absolute Gasteiger partial charge is 0.790 e. The van der Waals surface area contributed by atoms with Crippen molar-refractivity contribution in [1.82, 2.24) is 0 Å². The molecule has 0 unspecified atom stereocenters. The van der Waals surface area contributed by atoms with Crippen molar-refractivity contribution in [2.75, 3.05) is 0 Å². The molecule has 13 heteroatoms. The van der Waals surface area contributed by atoms with E-state index in [9.17, 15) is 0 Å². The van der Waals surface area contributed by atoms with Crippen LogP contribution in [0.25, 0.3) is 0 Å². The quantitative estimate of drug-likeness (QED) is 0.320. The number of hydrogen-bond acceptors (Lipinski definition) is 6. The molecule has 0 aromatic carbocycles. The zero-order valence-electron chi connectivity index (χ0n) is 6.95. The molecule has 0 aliphatic rings. The predicted octanol–water partition coefficient (Wildman–Crippen LogP) is -10.8. The van der Waals surface area contributed by atoms with E-state index in [1.165, 1.54) is 0 Å². The summed E-state index contributed by atoms with van der Waals surface area (Å²) in [5.41, 5.74) is 0. The first-order chi connectivity index (χ1) is 4.00. The number of phosphoric acid groups is 2. The molecule has 0 spiro atoms. The first-order valence-electron chi connectivity index (χ1n) is 1.50. The topological polar surface area (TPSA) is 167 Å². The van der Waals surface area contributed by atoms with Crippen LogP contribution in [0.5, 0.6) is 0 Å². The van der Waals surface area contributed by atoms with Gasteiger partial charge in [0.25, 0.3) is 0 Å².